The van der Waals surface area contributed by atoms with E-state index in [9.17, 15) is 13.2 Å². The van der Waals surface area contributed by atoms with E-state index < -0.39 is 11.9 Å². The summed E-state index contributed by atoms with van der Waals surface area (Å²) in [4.78, 5) is 12.6. The second-order valence-electron chi connectivity index (χ2n) is 5.85. The Kier molecular flexibility index (Phi) is 4.25. The molecule has 8 heteroatoms. The lowest BCUT2D eigenvalue weighted by molar-refractivity contribution is -0.141. The zero-order chi connectivity index (χ0) is 16.4. The van der Waals surface area contributed by atoms with Crippen LogP contribution in [0, 0.1) is 0 Å². The van der Waals surface area contributed by atoms with Crippen molar-refractivity contribution >= 4 is 5.82 Å². The van der Waals surface area contributed by atoms with Gasteiger partial charge in [0.05, 0.1) is 6.20 Å². The molecule has 5 nitrogen and oxygen atoms in total. The standard InChI is InChI=1S/C15H18F3N5/c16-15(17,18)12-7-21-14(22-12)11-2-1-5-23(9-11)8-10-3-4-13(19)20-6-10/h3-4,6-7,11H,1-2,5,8-9H2,(H2,19,20)(H,21,22). The summed E-state index contributed by atoms with van der Waals surface area (Å²) in [5.74, 6) is 0.875. The zero-order valence-corrected chi connectivity index (χ0v) is 12.5. The summed E-state index contributed by atoms with van der Waals surface area (Å²) < 4.78 is 38.0. The van der Waals surface area contributed by atoms with Crippen molar-refractivity contribution < 1.29 is 13.2 Å². The van der Waals surface area contributed by atoms with Crippen molar-refractivity contribution in [1.82, 2.24) is 19.9 Å². The molecule has 1 atom stereocenters. The van der Waals surface area contributed by atoms with Crippen molar-refractivity contribution in [1.29, 1.82) is 0 Å². The van der Waals surface area contributed by atoms with Gasteiger partial charge in [-0.25, -0.2) is 9.97 Å². The van der Waals surface area contributed by atoms with E-state index in [1.165, 1.54) is 0 Å². The van der Waals surface area contributed by atoms with Gasteiger partial charge in [-0.1, -0.05) is 6.07 Å². The van der Waals surface area contributed by atoms with E-state index in [1.807, 2.05) is 6.07 Å². The van der Waals surface area contributed by atoms with E-state index >= 15 is 0 Å². The molecule has 1 fully saturated rings. The van der Waals surface area contributed by atoms with Crippen LogP contribution in [0.4, 0.5) is 19.0 Å². The van der Waals surface area contributed by atoms with E-state index in [0.29, 0.717) is 24.7 Å². The Morgan fingerprint density at radius 2 is 2.09 bits per heavy atom. The van der Waals surface area contributed by atoms with Crippen LogP contribution in [0.15, 0.2) is 24.5 Å². The number of nitrogens with zero attached hydrogens (tertiary/aromatic N) is 3. The number of nitrogens with one attached hydrogen (secondary N) is 1. The Bertz CT molecular complexity index is 650. The number of likely N-dealkylation sites (tertiary alicyclic amines) is 1. The number of hydrogen-bond donors (Lipinski definition) is 2. The lowest BCUT2D eigenvalue weighted by atomic mass is 9.97. The fourth-order valence-electron chi connectivity index (χ4n) is 2.90. The summed E-state index contributed by atoms with van der Waals surface area (Å²) >= 11 is 0. The molecule has 0 aromatic carbocycles. The maximum atomic E-state index is 12.7. The van der Waals surface area contributed by atoms with E-state index in [-0.39, 0.29) is 5.92 Å². The minimum absolute atomic E-state index is 0.0124. The van der Waals surface area contributed by atoms with E-state index in [4.69, 9.17) is 5.73 Å². The van der Waals surface area contributed by atoms with E-state index in [2.05, 4.69) is 19.9 Å². The molecule has 0 saturated carbocycles. The van der Waals surface area contributed by atoms with Crippen LogP contribution in [0.5, 0.6) is 0 Å². The first-order chi connectivity index (χ1) is 10.9. The molecule has 3 rings (SSSR count). The molecule has 124 valence electrons. The smallest absolute Gasteiger partial charge is 0.384 e. The Morgan fingerprint density at radius 3 is 2.74 bits per heavy atom. The number of hydrogen-bond acceptors (Lipinski definition) is 4. The highest BCUT2D eigenvalue weighted by Gasteiger charge is 2.34. The van der Waals surface area contributed by atoms with Gasteiger partial charge in [-0.15, -0.1) is 0 Å². The van der Waals surface area contributed by atoms with Crippen LogP contribution < -0.4 is 5.73 Å². The predicted octanol–water partition coefficient (Wildman–Crippen LogP) is 2.79. The monoisotopic (exact) mass is 325 g/mol. The molecule has 1 aliphatic rings. The fourth-order valence-corrected chi connectivity index (χ4v) is 2.90. The third-order valence-electron chi connectivity index (χ3n) is 4.05. The Morgan fingerprint density at radius 1 is 1.26 bits per heavy atom. The lowest BCUT2D eigenvalue weighted by Gasteiger charge is -2.31. The van der Waals surface area contributed by atoms with Crippen LogP contribution in [0.2, 0.25) is 0 Å². The highest BCUT2D eigenvalue weighted by atomic mass is 19.4. The Balaban J connectivity index is 1.66. The van der Waals surface area contributed by atoms with Gasteiger partial charge in [0.2, 0.25) is 0 Å². The van der Waals surface area contributed by atoms with Gasteiger partial charge in [0.25, 0.3) is 0 Å². The van der Waals surface area contributed by atoms with Gasteiger partial charge in [-0.2, -0.15) is 13.2 Å². The van der Waals surface area contributed by atoms with Crippen molar-refractivity contribution in [2.75, 3.05) is 18.8 Å². The number of nitrogen functional groups attached to an aromatic ring is 1. The summed E-state index contributed by atoms with van der Waals surface area (Å²) in [7, 11) is 0. The van der Waals surface area contributed by atoms with Crippen LogP contribution >= 0.6 is 0 Å². The normalized spacial score (nSPS) is 19.9. The number of aromatic amines is 1. The van der Waals surface area contributed by atoms with Gasteiger partial charge in [0.15, 0.2) is 0 Å². The molecule has 23 heavy (non-hydrogen) atoms. The minimum Gasteiger partial charge on any atom is -0.384 e. The third-order valence-corrected chi connectivity index (χ3v) is 4.05. The third kappa shape index (κ3) is 3.82. The number of alkyl halides is 3. The minimum atomic E-state index is -4.38. The van der Waals surface area contributed by atoms with Crippen molar-refractivity contribution in [2.24, 2.45) is 0 Å². The molecule has 0 aliphatic carbocycles. The second kappa shape index (κ2) is 6.19. The molecule has 1 saturated heterocycles. The summed E-state index contributed by atoms with van der Waals surface area (Å²) in [5, 5.41) is 0. The summed E-state index contributed by atoms with van der Waals surface area (Å²) in [6, 6.07) is 3.67. The van der Waals surface area contributed by atoms with E-state index in [0.717, 1.165) is 31.1 Å². The molecular weight excluding hydrogens is 307 g/mol. The lowest BCUT2D eigenvalue weighted by Crippen LogP contribution is -2.34. The van der Waals surface area contributed by atoms with Crippen molar-refractivity contribution in [3.63, 3.8) is 0 Å². The number of H-pyrrole nitrogens is 1. The van der Waals surface area contributed by atoms with Gasteiger partial charge < -0.3 is 10.7 Å². The number of imidazole rings is 1. The SMILES string of the molecule is Nc1ccc(CN2CCCC(c3ncc(C(F)(F)F)[nH]3)C2)cn1. The van der Waals surface area contributed by atoms with Crippen LogP contribution in [-0.2, 0) is 12.7 Å². The quantitative estimate of drug-likeness (QED) is 0.910. The number of anilines is 1. The Hall–Kier alpha value is -2.09. The number of piperidine rings is 1. The molecule has 0 radical (unpaired) electrons. The maximum Gasteiger partial charge on any atom is 0.432 e. The average molecular weight is 325 g/mol. The zero-order valence-electron chi connectivity index (χ0n) is 12.5. The van der Waals surface area contributed by atoms with E-state index in [1.54, 1.807) is 12.3 Å². The molecule has 0 bridgehead atoms. The number of nitrogens with two attached hydrogens (primary N) is 1. The Labute approximate surface area is 131 Å². The van der Waals surface area contributed by atoms with Crippen molar-refractivity contribution in [3.05, 3.63) is 41.6 Å². The van der Waals surface area contributed by atoms with Crippen LogP contribution in [0.25, 0.3) is 0 Å². The van der Waals surface area contributed by atoms with Crippen molar-refractivity contribution in [3.8, 4) is 0 Å². The van der Waals surface area contributed by atoms with Crippen LogP contribution in [0.1, 0.15) is 35.8 Å². The topological polar surface area (TPSA) is 70.8 Å². The van der Waals surface area contributed by atoms with Gasteiger partial charge in [0, 0.05) is 25.2 Å². The van der Waals surface area contributed by atoms with Crippen LogP contribution in [-0.4, -0.2) is 32.9 Å². The molecule has 3 heterocycles. The first-order valence-corrected chi connectivity index (χ1v) is 7.46. The number of pyridine rings is 1. The molecule has 2 aromatic heterocycles. The second-order valence-corrected chi connectivity index (χ2v) is 5.85. The molecule has 2 aromatic rings. The largest absolute Gasteiger partial charge is 0.432 e. The van der Waals surface area contributed by atoms with Gasteiger partial charge in [-0.3, -0.25) is 4.90 Å². The first-order valence-electron chi connectivity index (χ1n) is 7.46. The molecule has 0 spiro atoms. The number of rotatable bonds is 3. The van der Waals surface area contributed by atoms with Gasteiger partial charge in [-0.05, 0) is 31.0 Å². The molecular formula is C15H18F3N5. The number of aromatic nitrogens is 3. The average Bonchev–Trinajstić information content (AvgIpc) is 3.00. The summed E-state index contributed by atoms with van der Waals surface area (Å²) in [5.41, 5.74) is 5.82. The predicted molar refractivity (Wildman–Crippen MR) is 79.5 cm³/mol. The van der Waals surface area contributed by atoms with Crippen LogP contribution in [0.3, 0.4) is 0 Å². The molecule has 3 N–H and O–H groups in total. The number of halogens is 3. The molecule has 0 amide bonds. The first kappa shape index (κ1) is 15.8. The fraction of sp³-hybridized carbons (Fsp3) is 0.467. The molecule has 1 aliphatic heterocycles. The molecule has 1 unspecified atom stereocenters. The van der Waals surface area contributed by atoms with Gasteiger partial charge >= 0.3 is 6.18 Å². The highest BCUT2D eigenvalue weighted by Crippen LogP contribution is 2.31. The van der Waals surface area contributed by atoms with Crippen molar-refractivity contribution in [2.45, 2.75) is 31.5 Å². The summed E-state index contributed by atoms with van der Waals surface area (Å²) in [6.07, 6.45) is -0.0164. The highest BCUT2D eigenvalue weighted by molar-refractivity contribution is 5.29. The maximum absolute atomic E-state index is 12.7. The summed E-state index contributed by atoms with van der Waals surface area (Å²) in [6.45, 7) is 2.29. The van der Waals surface area contributed by atoms with Gasteiger partial charge in [0.1, 0.15) is 17.3 Å².